The minimum Gasteiger partial charge on any atom is -0.468 e. The van der Waals surface area contributed by atoms with E-state index in [9.17, 15) is 9.59 Å². The van der Waals surface area contributed by atoms with Crippen LogP contribution < -0.4 is 0 Å². The molecule has 0 bridgehead atoms. The molecule has 0 amide bonds. The maximum atomic E-state index is 11.5. The molecule has 0 saturated carbocycles. The SMILES string of the molecule is C=CCC(CC=C)(C(C)=O)C(=O)OC. The third-order valence-electron chi connectivity index (χ3n) is 2.24. The second-order valence-electron chi connectivity index (χ2n) is 3.12. The van der Waals surface area contributed by atoms with Gasteiger partial charge in [-0.25, -0.2) is 0 Å². The van der Waals surface area contributed by atoms with Gasteiger partial charge >= 0.3 is 5.97 Å². The zero-order chi connectivity index (χ0) is 11.2. The van der Waals surface area contributed by atoms with Crippen molar-refractivity contribution in [3.8, 4) is 0 Å². The zero-order valence-electron chi connectivity index (χ0n) is 8.71. The number of hydrogen-bond donors (Lipinski definition) is 0. The van der Waals surface area contributed by atoms with Crippen LogP contribution in [0.4, 0.5) is 0 Å². The quantitative estimate of drug-likeness (QED) is 0.370. The van der Waals surface area contributed by atoms with Gasteiger partial charge in [0.05, 0.1) is 7.11 Å². The molecule has 78 valence electrons. The Labute approximate surface area is 84.4 Å². The third kappa shape index (κ3) is 2.31. The van der Waals surface area contributed by atoms with E-state index in [0.717, 1.165) is 0 Å². The standard InChI is InChI=1S/C11H16O3/c1-5-7-11(8-6-2,9(3)12)10(13)14-4/h5-6H,1-2,7-8H2,3-4H3. The summed E-state index contributed by atoms with van der Waals surface area (Å²) in [5, 5.41) is 0. The van der Waals surface area contributed by atoms with Crippen LogP contribution in [0.2, 0.25) is 0 Å². The van der Waals surface area contributed by atoms with Gasteiger partial charge in [-0.1, -0.05) is 12.2 Å². The van der Waals surface area contributed by atoms with Crippen molar-refractivity contribution < 1.29 is 14.3 Å². The molecule has 0 aromatic heterocycles. The van der Waals surface area contributed by atoms with E-state index in [4.69, 9.17) is 0 Å². The van der Waals surface area contributed by atoms with Crippen molar-refractivity contribution in [3.05, 3.63) is 25.3 Å². The molecule has 0 radical (unpaired) electrons. The fraction of sp³-hybridized carbons (Fsp3) is 0.455. The molecule has 0 spiro atoms. The number of Topliss-reactive ketones (excluding diaryl/α,β-unsaturated/α-hetero) is 1. The summed E-state index contributed by atoms with van der Waals surface area (Å²) in [6.45, 7) is 8.44. The normalized spacial score (nSPS) is 10.4. The van der Waals surface area contributed by atoms with Crippen molar-refractivity contribution in [1.82, 2.24) is 0 Å². The Hall–Kier alpha value is -1.38. The van der Waals surface area contributed by atoms with Crippen LogP contribution in [-0.2, 0) is 14.3 Å². The van der Waals surface area contributed by atoms with Crippen molar-refractivity contribution in [2.45, 2.75) is 19.8 Å². The molecule has 0 saturated heterocycles. The zero-order valence-corrected chi connectivity index (χ0v) is 8.71. The Morgan fingerprint density at radius 1 is 1.29 bits per heavy atom. The number of ether oxygens (including phenoxy) is 1. The van der Waals surface area contributed by atoms with Gasteiger partial charge in [0.15, 0.2) is 0 Å². The summed E-state index contributed by atoms with van der Waals surface area (Å²) in [5.74, 6) is -0.742. The van der Waals surface area contributed by atoms with Crippen LogP contribution in [-0.4, -0.2) is 18.9 Å². The van der Waals surface area contributed by atoms with Gasteiger partial charge in [0.25, 0.3) is 0 Å². The van der Waals surface area contributed by atoms with Crippen LogP contribution in [0.3, 0.4) is 0 Å². The lowest BCUT2D eigenvalue weighted by molar-refractivity contribution is -0.157. The minimum absolute atomic E-state index is 0.218. The Balaban J connectivity index is 5.11. The van der Waals surface area contributed by atoms with Crippen molar-refractivity contribution >= 4 is 11.8 Å². The lowest BCUT2D eigenvalue weighted by Gasteiger charge is -2.25. The number of esters is 1. The van der Waals surface area contributed by atoms with Gasteiger partial charge in [-0.3, -0.25) is 9.59 Å². The fourth-order valence-corrected chi connectivity index (χ4v) is 1.37. The number of ketones is 1. The maximum absolute atomic E-state index is 11.5. The fourth-order valence-electron chi connectivity index (χ4n) is 1.37. The number of carbonyl (C=O) groups is 2. The second-order valence-corrected chi connectivity index (χ2v) is 3.12. The van der Waals surface area contributed by atoms with Gasteiger partial charge in [-0.15, -0.1) is 13.2 Å². The molecule has 0 aromatic carbocycles. The van der Waals surface area contributed by atoms with E-state index in [2.05, 4.69) is 17.9 Å². The highest BCUT2D eigenvalue weighted by Crippen LogP contribution is 2.30. The van der Waals surface area contributed by atoms with Gasteiger partial charge < -0.3 is 4.74 Å². The summed E-state index contributed by atoms with van der Waals surface area (Å²) in [4.78, 5) is 23.0. The van der Waals surface area contributed by atoms with Crippen LogP contribution in [0.15, 0.2) is 25.3 Å². The molecular weight excluding hydrogens is 180 g/mol. The lowest BCUT2D eigenvalue weighted by atomic mass is 9.77. The topological polar surface area (TPSA) is 43.4 Å². The Bertz CT molecular complexity index is 243. The molecule has 0 unspecified atom stereocenters. The van der Waals surface area contributed by atoms with Crippen molar-refractivity contribution in [2.24, 2.45) is 5.41 Å². The smallest absolute Gasteiger partial charge is 0.319 e. The van der Waals surface area contributed by atoms with Gasteiger partial charge in [0, 0.05) is 0 Å². The van der Waals surface area contributed by atoms with E-state index >= 15 is 0 Å². The molecule has 0 aliphatic carbocycles. The number of hydrogen-bond acceptors (Lipinski definition) is 3. The Morgan fingerprint density at radius 2 is 1.71 bits per heavy atom. The van der Waals surface area contributed by atoms with Gasteiger partial charge in [0.2, 0.25) is 0 Å². The predicted octanol–water partition coefficient (Wildman–Crippen LogP) is 1.89. The lowest BCUT2D eigenvalue weighted by Crippen LogP contribution is -2.38. The first kappa shape index (κ1) is 12.6. The molecule has 14 heavy (non-hydrogen) atoms. The Morgan fingerprint density at radius 3 is 1.93 bits per heavy atom. The molecule has 0 rings (SSSR count). The van der Waals surface area contributed by atoms with Crippen molar-refractivity contribution in [1.29, 1.82) is 0 Å². The maximum Gasteiger partial charge on any atom is 0.319 e. The van der Waals surface area contributed by atoms with Gasteiger partial charge in [-0.2, -0.15) is 0 Å². The molecule has 0 aromatic rings. The number of rotatable bonds is 6. The van der Waals surface area contributed by atoms with Crippen molar-refractivity contribution in [3.63, 3.8) is 0 Å². The van der Waals surface area contributed by atoms with Crippen LogP contribution >= 0.6 is 0 Å². The summed E-state index contributed by atoms with van der Waals surface area (Å²) in [5.41, 5.74) is -1.13. The highest BCUT2D eigenvalue weighted by Gasteiger charge is 2.42. The molecule has 0 aliphatic rings. The van der Waals surface area contributed by atoms with E-state index in [1.165, 1.54) is 14.0 Å². The second kappa shape index (κ2) is 5.37. The molecule has 0 atom stereocenters. The van der Waals surface area contributed by atoms with Crippen LogP contribution in [0.25, 0.3) is 0 Å². The first-order valence-electron chi connectivity index (χ1n) is 4.36. The molecule has 3 nitrogen and oxygen atoms in total. The molecule has 3 heteroatoms. The van der Waals surface area contributed by atoms with E-state index in [0.29, 0.717) is 0 Å². The summed E-state index contributed by atoms with van der Waals surface area (Å²) in [6.07, 6.45) is 3.64. The number of carbonyl (C=O) groups excluding carboxylic acids is 2. The average molecular weight is 196 g/mol. The minimum atomic E-state index is -1.13. The van der Waals surface area contributed by atoms with E-state index in [1.54, 1.807) is 12.2 Å². The summed E-state index contributed by atoms with van der Waals surface area (Å²) >= 11 is 0. The summed E-state index contributed by atoms with van der Waals surface area (Å²) < 4.78 is 4.63. The highest BCUT2D eigenvalue weighted by atomic mass is 16.5. The highest BCUT2D eigenvalue weighted by molar-refractivity contribution is 6.03. The van der Waals surface area contributed by atoms with Crippen LogP contribution in [0, 0.1) is 5.41 Å². The largest absolute Gasteiger partial charge is 0.468 e. The number of methoxy groups -OCH3 is 1. The molecule has 0 heterocycles. The van der Waals surface area contributed by atoms with E-state index in [1.807, 2.05) is 0 Å². The first-order chi connectivity index (χ1) is 6.55. The first-order valence-corrected chi connectivity index (χ1v) is 4.36. The van der Waals surface area contributed by atoms with Gasteiger partial charge in [0.1, 0.15) is 11.2 Å². The Kier molecular flexibility index (Phi) is 4.84. The third-order valence-corrected chi connectivity index (χ3v) is 2.24. The monoisotopic (exact) mass is 196 g/mol. The molecule has 0 aliphatic heterocycles. The summed E-state index contributed by atoms with van der Waals surface area (Å²) in [6, 6.07) is 0. The summed E-state index contributed by atoms with van der Waals surface area (Å²) in [7, 11) is 1.27. The van der Waals surface area contributed by atoms with Crippen molar-refractivity contribution in [2.75, 3.05) is 7.11 Å². The predicted molar refractivity (Wildman–Crippen MR) is 54.8 cm³/mol. The van der Waals surface area contributed by atoms with E-state index in [-0.39, 0.29) is 18.6 Å². The average Bonchev–Trinajstić information content (AvgIpc) is 2.15. The van der Waals surface area contributed by atoms with Crippen LogP contribution in [0.5, 0.6) is 0 Å². The molecular formula is C11H16O3. The van der Waals surface area contributed by atoms with Gasteiger partial charge in [-0.05, 0) is 19.8 Å². The van der Waals surface area contributed by atoms with E-state index < -0.39 is 11.4 Å². The number of allylic oxidation sites excluding steroid dienone is 2. The molecule has 0 N–H and O–H groups in total. The molecule has 0 fully saturated rings. The van der Waals surface area contributed by atoms with Crippen LogP contribution in [0.1, 0.15) is 19.8 Å².